The number of hydrogen-bond donors (Lipinski definition) is 1. The highest BCUT2D eigenvalue weighted by Gasteiger charge is 2.49. The molecule has 1 aromatic heterocycles. The molecule has 9 heteroatoms. The summed E-state index contributed by atoms with van der Waals surface area (Å²) in [5.74, 6) is 0.888. The molecule has 1 fully saturated rings. The summed E-state index contributed by atoms with van der Waals surface area (Å²) in [6.07, 6.45) is 3.28. The quantitative estimate of drug-likeness (QED) is 0.304. The molecule has 0 aliphatic carbocycles. The van der Waals surface area contributed by atoms with E-state index in [0.717, 1.165) is 22.0 Å². The minimum absolute atomic E-state index is 0.486. The fourth-order valence-electron chi connectivity index (χ4n) is 4.14. The van der Waals surface area contributed by atoms with E-state index >= 15 is 0 Å². The number of hydrogen-bond acceptors (Lipinski definition) is 6. The van der Waals surface area contributed by atoms with Crippen molar-refractivity contribution in [2.45, 2.75) is 12.5 Å². The van der Waals surface area contributed by atoms with Gasteiger partial charge in [0.1, 0.15) is 22.7 Å². The second-order valence-corrected chi connectivity index (χ2v) is 8.59. The van der Waals surface area contributed by atoms with Crippen molar-refractivity contribution in [3.63, 3.8) is 0 Å². The van der Waals surface area contributed by atoms with E-state index < -0.39 is 17.5 Å². The number of amides is 3. The molecule has 1 saturated heterocycles. The van der Waals surface area contributed by atoms with Crippen LogP contribution in [0.15, 0.2) is 90.2 Å². The molecule has 1 aliphatic rings. The van der Waals surface area contributed by atoms with E-state index in [2.05, 4.69) is 10.4 Å². The number of carbonyl (C=O) groups excluding carboxylic acids is 2. The second-order valence-electron chi connectivity index (χ2n) is 8.59. The Hall–Kier alpha value is -4.92. The lowest BCUT2D eigenvalue weighted by Crippen LogP contribution is -2.40. The molecule has 0 radical (unpaired) electrons. The van der Waals surface area contributed by atoms with Gasteiger partial charge in [-0.3, -0.25) is 4.79 Å². The van der Waals surface area contributed by atoms with Crippen LogP contribution in [0.2, 0.25) is 0 Å². The van der Waals surface area contributed by atoms with Gasteiger partial charge in [-0.05, 0) is 61.0 Å². The minimum atomic E-state index is -1.26. The lowest BCUT2D eigenvalue weighted by Gasteiger charge is -2.21. The highest BCUT2D eigenvalue weighted by Crippen LogP contribution is 2.31. The Labute approximate surface area is 213 Å². The average molecular weight is 496 g/mol. The molecule has 3 aromatic carbocycles. The molecule has 3 amide bonds. The molecule has 0 spiro atoms. The van der Waals surface area contributed by atoms with E-state index in [4.69, 9.17) is 14.6 Å². The number of imide groups is 1. The fourth-order valence-corrected chi connectivity index (χ4v) is 4.14. The lowest BCUT2D eigenvalue weighted by atomic mass is 9.92. The van der Waals surface area contributed by atoms with Crippen LogP contribution in [0.5, 0.6) is 11.5 Å². The number of benzene rings is 3. The summed E-state index contributed by atoms with van der Waals surface area (Å²) < 4.78 is 12.2. The summed E-state index contributed by atoms with van der Waals surface area (Å²) in [5.41, 5.74) is 2.33. The van der Waals surface area contributed by atoms with Gasteiger partial charge < -0.3 is 14.8 Å². The molecule has 1 N–H and O–H groups in total. The standard InChI is InChI=1S/C28H25N5O4/c1-28(21-11-15-24(37-3)16-12-21)26(34)33(27(35)30-28)29-17-20-18-32(22-7-5-4-6-8-22)31-25(20)19-9-13-23(36-2)14-10-19/h4-18H,1-3H3,(H,30,35)/b29-17+. The number of nitrogens with one attached hydrogen (secondary N) is 1. The van der Waals surface area contributed by atoms with Gasteiger partial charge in [-0.15, -0.1) is 5.01 Å². The number of hydrazone groups is 1. The van der Waals surface area contributed by atoms with Gasteiger partial charge in [-0.25, -0.2) is 9.48 Å². The van der Waals surface area contributed by atoms with Crippen molar-refractivity contribution in [3.8, 4) is 28.4 Å². The number of urea groups is 1. The van der Waals surface area contributed by atoms with Crippen molar-refractivity contribution in [2.75, 3.05) is 14.2 Å². The van der Waals surface area contributed by atoms with Crippen LogP contribution >= 0.6 is 0 Å². The summed E-state index contributed by atoms with van der Waals surface area (Å²) in [6, 6.07) is 23.5. The molecule has 5 rings (SSSR count). The molecule has 1 unspecified atom stereocenters. The summed E-state index contributed by atoms with van der Waals surface area (Å²) in [4.78, 5) is 26.1. The molecule has 37 heavy (non-hydrogen) atoms. The maximum absolute atomic E-state index is 13.3. The molecule has 186 valence electrons. The molecular formula is C28H25N5O4. The highest BCUT2D eigenvalue weighted by atomic mass is 16.5. The van der Waals surface area contributed by atoms with E-state index in [1.807, 2.05) is 54.6 Å². The third kappa shape index (κ3) is 4.42. The first kappa shape index (κ1) is 23.8. The van der Waals surface area contributed by atoms with Crippen LogP contribution in [0, 0.1) is 0 Å². The smallest absolute Gasteiger partial charge is 0.346 e. The van der Waals surface area contributed by atoms with Crippen LogP contribution in [0.4, 0.5) is 4.79 Å². The van der Waals surface area contributed by atoms with Crippen molar-refractivity contribution in [1.82, 2.24) is 20.1 Å². The number of methoxy groups -OCH3 is 2. The summed E-state index contributed by atoms with van der Waals surface area (Å²) in [7, 11) is 3.17. The Morgan fingerprint density at radius 3 is 2.14 bits per heavy atom. The van der Waals surface area contributed by atoms with Crippen LogP contribution < -0.4 is 14.8 Å². The zero-order valence-electron chi connectivity index (χ0n) is 20.6. The first-order valence-corrected chi connectivity index (χ1v) is 11.6. The molecule has 9 nitrogen and oxygen atoms in total. The van der Waals surface area contributed by atoms with Gasteiger partial charge in [-0.1, -0.05) is 30.3 Å². The zero-order valence-corrected chi connectivity index (χ0v) is 20.6. The van der Waals surface area contributed by atoms with Gasteiger partial charge in [-0.2, -0.15) is 10.2 Å². The number of para-hydroxylation sites is 1. The van der Waals surface area contributed by atoms with Gasteiger partial charge in [0.2, 0.25) is 0 Å². The summed E-state index contributed by atoms with van der Waals surface area (Å²) in [5, 5.41) is 12.6. The largest absolute Gasteiger partial charge is 0.497 e. The van der Waals surface area contributed by atoms with Crippen molar-refractivity contribution in [1.29, 1.82) is 0 Å². The number of aromatic nitrogens is 2. The molecule has 2 heterocycles. The molecule has 1 atom stereocenters. The topological polar surface area (TPSA) is 98.1 Å². The van der Waals surface area contributed by atoms with Crippen LogP contribution in [0.1, 0.15) is 18.1 Å². The van der Waals surface area contributed by atoms with Crippen molar-refractivity contribution >= 4 is 18.2 Å². The van der Waals surface area contributed by atoms with Crippen LogP contribution in [0.3, 0.4) is 0 Å². The van der Waals surface area contributed by atoms with E-state index in [-0.39, 0.29) is 0 Å². The Bertz CT molecular complexity index is 1460. The molecule has 0 bridgehead atoms. The zero-order chi connectivity index (χ0) is 26.0. The Kier molecular flexibility index (Phi) is 6.19. The maximum Gasteiger partial charge on any atom is 0.346 e. The monoisotopic (exact) mass is 495 g/mol. The first-order valence-electron chi connectivity index (χ1n) is 11.6. The van der Waals surface area contributed by atoms with Gasteiger partial charge in [0.25, 0.3) is 5.91 Å². The Morgan fingerprint density at radius 2 is 1.51 bits per heavy atom. The lowest BCUT2D eigenvalue weighted by molar-refractivity contribution is -0.131. The number of nitrogens with zero attached hydrogens (tertiary/aromatic N) is 4. The van der Waals surface area contributed by atoms with Gasteiger partial charge in [0.15, 0.2) is 0 Å². The molecule has 4 aromatic rings. The van der Waals surface area contributed by atoms with E-state index in [1.165, 1.54) is 6.21 Å². The van der Waals surface area contributed by atoms with Crippen LogP contribution in [0.25, 0.3) is 16.9 Å². The third-order valence-corrected chi connectivity index (χ3v) is 6.28. The number of rotatable bonds is 7. The van der Waals surface area contributed by atoms with E-state index in [0.29, 0.717) is 22.6 Å². The van der Waals surface area contributed by atoms with Crippen LogP contribution in [-0.4, -0.2) is 47.2 Å². The normalized spacial score (nSPS) is 17.3. The Morgan fingerprint density at radius 1 is 0.892 bits per heavy atom. The van der Waals surface area contributed by atoms with E-state index in [9.17, 15) is 9.59 Å². The summed E-state index contributed by atoms with van der Waals surface area (Å²) in [6.45, 7) is 1.65. The van der Waals surface area contributed by atoms with Gasteiger partial charge >= 0.3 is 6.03 Å². The molecule has 1 aliphatic heterocycles. The molecule has 0 saturated carbocycles. The minimum Gasteiger partial charge on any atom is -0.497 e. The second kappa shape index (κ2) is 9.62. The SMILES string of the molecule is COc1ccc(-c2nn(-c3ccccc3)cc2/C=N/N2C(=O)NC(C)(c3ccc(OC)cc3)C2=O)cc1. The average Bonchev–Trinajstić information content (AvgIpc) is 3.46. The first-order chi connectivity index (χ1) is 17.9. The van der Waals surface area contributed by atoms with Crippen LogP contribution in [-0.2, 0) is 10.3 Å². The maximum atomic E-state index is 13.3. The predicted octanol–water partition coefficient (Wildman–Crippen LogP) is 4.36. The molecular weight excluding hydrogens is 470 g/mol. The fraction of sp³-hybridized carbons (Fsp3) is 0.143. The number of ether oxygens (including phenoxy) is 2. The van der Waals surface area contributed by atoms with Gasteiger partial charge in [0, 0.05) is 17.3 Å². The third-order valence-electron chi connectivity index (χ3n) is 6.28. The Balaban J connectivity index is 1.49. The highest BCUT2D eigenvalue weighted by molar-refractivity contribution is 6.07. The van der Waals surface area contributed by atoms with Crippen molar-refractivity contribution < 1.29 is 19.1 Å². The van der Waals surface area contributed by atoms with Crippen molar-refractivity contribution in [2.24, 2.45) is 5.10 Å². The van der Waals surface area contributed by atoms with Gasteiger partial charge in [0.05, 0.1) is 26.1 Å². The number of carbonyl (C=O) groups is 2. The van der Waals surface area contributed by atoms with E-state index in [1.54, 1.807) is 56.3 Å². The predicted molar refractivity (Wildman–Crippen MR) is 139 cm³/mol. The van der Waals surface area contributed by atoms with Crippen molar-refractivity contribution in [3.05, 3.63) is 96.2 Å². The summed E-state index contributed by atoms with van der Waals surface area (Å²) >= 11 is 0.